The predicted octanol–water partition coefficient (Wildman–Crippen LogP) is 5.77. The highest BCUT2D eigenvalue weighted by Crippen LogP contribution is 2.44. The first-order valence-electron chi connectivity index (χ1n) is 9.89. The van der Waals surface area contributed by atoms with Gasteiger partial charge in [-0.1, -0.05) is 35.9 Å². The molecule has 7 heteroatoms. The van der Waals surface area contributed by atoms with Crippen molar-refractivity contribution in [3.05, 3.63) is 88.9 Å². The van der Waals surface area contributed by atoms with Crippen molar-refractivity contribution in [1.29, 1.82) is 0 Å². The van der Waals surface area contributed by atoms with Crippen molar-refractivity contribution < 1.29 is 14.3 Å². The van der Waals surface area contributed by atoms with E-state index in [1.54, 1.807) is 40.9 Å². The molecule has 0 aromatic heterocycles. The lowest BCUT2D eigenvalue weighted by molar-refractivity contribution is -0.115. The van der Waals surface area contributed by atoms with Crippen LogP contribution in [0.4, 0.5) is 11.4 Å². The Morgan fingerprint density at radius 2 is 1.81 bits per heavy atom. The molecular formula is C24H21ClN2O3S. The molecular weight excluding hydrogens is 432 g/mol. The van der Waals surface area contributed by atoms with Crippen LogP contribution in [0.25, 0.3) is 0 Å². The Morgan fingerprint density at radius 1 is 1.10 bits per heavy atom. The van der Waals surface area contributed by atoms with Crippen LogP contribution < -0.4 is 15.0 Å². The fourth-order valence-corrected chi connectivity index (χ4v) is 4.70. The summed E-state index contributed by atoms with van der Waals surface area (Å²) in [5, 5.41) is 3.31. The van der Waals surface area contributed by atoms with E-state index >= 15 is 0 Å². The standard InChI is InChI=1S/C24H21ClN2O3S/c1-2-30-21-6-4-3-5-20(21)27-22(28)15-31-24(27)17-9-13-19(14-10-17)26-23(29)16-7-11-18(25)12-8-16/h3-14,24H,2,15H2,1H3,(H,26,29)/t24-/m0/s1. The van der Waals surface area contributed by atoms with Crippen molar-refractivity contribution in [3.8, 4) is 5.75 Å². The highest BCUT2D eigenvalue weighted by Gasteiger charge is 2.35. The van der Waals surface area contributed by atoms with Gasteiger partial charge in [0.1, 0.15) is 11.1 Å². The Kier molecular flexibility index (Phi) is 6.49. The van der Waals surface area contributed by atoms with Crippen LogP contribution >= 0.6 is 23.4 Å². The molecule has 158 valence electrons. The molecule has 1 fully saturated rings. The van der Waals surface area contributed by atoms with E-state index in [0.29, 0.717) is 34.4 Å². The summed E-state index contributed by atoms with van der Waals surface area (Å²) < 4.78 is 5.74. The van der Waals surface area contributed by atoms with Crippen molar-refractivity contribution in [2.45, 2.75) is 12.3 Å². The first-order valence-corrected chi connectivity index (χ1v) is 11.3. The molecule has 1 saturated heterocycles. The smallest absolute Gasteiger partial charge is 0.255 e. The number of hydrogen-bond donors (Lipinski definition) is 1. The van der Waals surface area contributed by atoms with Gasteiger partial charge in [-0.25, -0.2) is 0 Å². The molecule has 0 saturated carbocycles. The number of carbonyl (C=O) groups is 2. The molecule has 0 radical (unpaired) electrons. The van der Waals surface area contributed by atoms with Gasteiger partial charge in [0.05, 0.1) is 18.0 Å². The molecule has 5 nitrogen and oxygen atoms in total. The van der Waals surface area contributed by atoms with Crippen LogP contribution in [0.3, 0.4) is 0 Å². The third kappa shape index (κ3) is 4.70. The maximum Gasteiger partial charge on any atom is 0.255 e. The Balaban J connectivity index is 1.53. The van der Waals surface area contributed by atoms with Crippen molar-refractivity contribution in [3.63, 3.8) is 0 Å². The summed E-state index contributed by atoms with van der Waals surface area (Å²) in [7, 11) is 0. The number of nitrogens with zero attached hydrogens (tertiary/aromatic N) is 1. The summed E-state index contributed by atoms with van der Waals surface area (Å²) in [4.78, 5) is 26.9. The fourth-order valence-electron chi connectivity index (χ4n) is 3.40. The lowest BCUT2D eigenvalue weighted by Crippen LogP contribution is -2.28. The van der Waals surface area contributed by atoms with Crippen LogP contribution in [-0.2, 0) is 4.79 Å². The summed E-state index contributed by atoms with van der Waals surface area (Å²) in [5.74, 6) is 0.933. The number of amides is 2. The number of para-hydroxylation sites is 2. The predicted molar refractivity (Wildman–Crippen MR) is 126 cm³/mol. The maximum absolute atomic E-state index is 12.7. The Hall–Kier alpha value is -2.96. The van der Waals surface area contributed by atoms with E-state index in [1.165, 1.54) is 0 Å². The SMILES string of the molecule is CCOc1ccccc1N1C(=O)CS[C@H]1c1ccc(NC(=O)c2ccc(Cl)cc2)cc1. The first kappa shape index (κ1) is 21.3. The normalized spacial score (nSPS) is 15.7. The lowest BCUT2D eigenvalue weighted by Gasteiger charge is -2.26. The van der Waals surface area contributed by atoms with Crippen molar-refractivity contribution in [2.24, 2.45) is 0 Å². The van der Waals surface area contributed by atoms with Crippen molar-refractivity contribution >= 4 is 46.6 Å². The van der Waals surface area contributed by atoms with Crippen LogP contribution in [0, 0.1) is 0 Å². The molecule has 31 heavy (non-hydrogen) atoms. The number of rotatable bonds is 6. The Bertz CT molecular complexity index is 1090. The lowest BCUT2D eigenvalue weighted by atomic mass is 10.1. The maximum atomic E-state index is 12.7. The molecule has 1 aliphatic heterocycles. The van der Waals surface area contributed by atoms with Crippen LogP contribution in [-0.4, -0.2) is 24.2 Å². The highest BCUT2D eigenvalue weighted by atomic mass is 35.5. The van der Waals surface area contributed by atoms with Crippen LogP contribution in [0.2, 0.25) is 5.02 Å². The second-order valence-corrected chi connectivity index (χ2v) is 8.42. The van der Waals surface area contributed by atoms with Crippen LogP contribution in [0.5, 0.6) is 5.75 Å². The molecule has 3 aromatic rings. The zero-order valence-electron chi connectivity index (χ0n) is 16.9. The molecule has 0 spiro atoms. The van der Waals surface area contributed by atoms with Gasteiger partial charge in [0.2, 0.25) is 5.91 Å². The van der Waals surface area contributed by atoms with Gasteiger partial charge in [0, 0.05) is 16.3 Å². The average molecular weight is 453 g/mol. The van der Waals surface area contributed by atoms with E-state index in [-0.39, 0.29) is 17.2 Å². The summed E-state index contributed by atoms with van der Waals surface area (Å²) in [6.07, 6.45) is 0. The molecule has 1 aliphatic rings. The number of anilines is 2. The van der Waals surface area contributed by atoms with Gasteiger partial charge in [0.15, 0.2) is 0 Å². The summed E-state index contributed by atoms with van der Waals surface area (Å²) in [6, 6.07) is 21.9. The summed E-state index contributed by atoms with van der Waals surface area (Å²) in [6.45, 7) is 2.45. The number of nitrogens with one attached hydrogen (secondary N) is 1. The largest absolute Gasteiger partial charge is 0.492 e. The first-order chi connectivity index (χ1) is 15.1. The van der Waals surface area contributed by atoms with Gasteiger partial charge in [-0.2, -0.15) is 0 Å². The third-order valence-electron chi connectivity index (χ3n) is 4.85. The van der Waals surface area contributed by atoms with E-state index in [2.05, 4.69) is 5.32 Å². The highest BCUT2D eigenvalue weighted by molar-refractivity contribution is 8.00. The minimum atomic E-state index is -0.206. The van der Waals surface area contributed by atoms with Crippen LogP contribution in [0.1, 0.15) is 28.2 Å². The van der Waals surface area contributed by atoms with E-state index in [0.717, 1.165) is 11.3 Å². The topological polar surface area (TPSA) is 58.6 Å². The fraction of sp³-hybridized carbons (Fsp3) is 0.167. The minimum absolute atomic E-state index is 0.0438. The van der Waals surface area contributed by atoms with Gasteiger partial charge in [-0.05, 0) is 61.0 Å². The van der Waals surface area contributed by atoms with Crippen molar-refractivity contribution in [2.75, 3.05) is 22.6 Å². The zero-order chi connectivity index (χ0) is 21.8. The van der Waals surface area contributed by atoms with Gasteiger partial charge in [0.25, 0.3) is 5.91 Å². The molecule has 4 rings (SSSR count). The summed E-state index contributed by atoms with van der Waals surface area (Å²) >= 11 is 7.45. The number of carbonyl (C=O) groups excluding carboxylic acids is 2. The number of thioether (sulfide) groups is 1. The minimum Gasteiger partial charge on any atom is -0.492 e. The number of hydrogen-bond acceptors (Lipinski definition) is 4. The quantitative estimate of drug-likeness (QED) is 0.515. The molecule has 1 heterocycles. The van der Waals surface area contributed by atoms with E-state index in [1.807, 2.05) is 55.5 Å². The molecule has 1 N–H and O–H groups in total. The molecule has 3 aromatic carbocycles. The molecule has 2 amide bonds. The average Bonchev–Trinajstić information content (AvgIpc) is 3.16. The third-order valence-corrected chi connectivity index (χ3v) is 6.32. The zero-order valence-corrected chi connectivity index (χ0v) is 18.5. The molecule has 0 bridgehead atoms. The monoisotopic (exact) mass is 452 g/mol. The van der Waals surface area contributed by atoms with E-state index in [4.69, 9.17) is 16.3 Å². The van der Waals surface area contributed by atoms with Gasteiger partial charge in [-0.3, -0.25) is 14.5 Å². The molecule has 1 atom stereocenters. The van der Waals surface area contributed by atoms with Gasteiger partial charge >= 0.3 is 0 Å². The number of benzene rings is 3. The molecule has 0 aliphatic carbocycles. The Morgan fingerprint density at radius 3 is 2.52 bits per heavy atom. The van der Waals surface area contributed by atoms with Crippen LogP contribution in [0.15, 0.2) is 72.8 Å². The van der Waals surface area contributed by atoms with Crippen molar-refractivity contribution in [1.82, 2.24) is 0 Å². The number of halogens is 1. The van der Waals surface area contributed by atoms with Gasteiger partial charge in [-0.15, -0.1) is 11.8 Å². The summed E-state index contributed by atoms with van der Waals surface area (Å²) in [5.41, 5.74) is 2.96. The molecule has 0 unspecified atom stereocenters. The second kappa shape index (κ2) is 9.45. The van der Waals surface area contributed by atoms with Gasteiger partial charge < -0.3 is 10.1 Å². The number of ether oxygens (including phenoxy) is 1. The van der Waals surface area contributed by atoms with E-state index < -0.39 is 0 Å². The second-order valence-electron chi connectivity index (χ2n) is 6.91. The van der Waals surface area contributed by atoms with E-state index in [9.17, 15) is 9.59 Å². The Labute approximate surface area is 190 Å².